The average Bonchev–Trinajstić information content (AvgIpc) is 3.17. The molecule has 170 valence electrons. The van der Waals surface area contributed by atoms with E-state index in [0.29, 0.717) is 15.1 Å². The number of nitrogens with zero attached hydrogens (tertiary/aromatic N) is 2. The number of nitrogens with two attached hydrogens (primary N) is 1. The summed E-state index contributed by atoms with van der Waals surface area (Å²) in [6, 6.07) is 7.17. The van der Waals surface area contributed by atoms with Crippen LogP contribution in [0.5, 0.6) is 0 Å². The molecular weight excluding hydrogens is 454 g/mol. The second kappa shape index (κ2) is 9.57. The Morgan fingerprint density at radius 3 is 2.26 bits per heavy atom. The van der Waals surface area contributed by atoms with Crippen molar-refractivity contribution < 1.29 is 39.9 Å². The van der Waals surface area contributed by atoms with Crippen LogP contribution >= 0.6 is 0 Å². The first-order valence-corrected chi connectivity index (χ1v) is 11.5. The summed E-state index contributed by atoms with van der Waals surface area (Å²) in [5.74, 6) is -1.84. The van der Waals surface area contributed by atoms with Crippen LogP contribution in [-0.2, 0) is 29.0 Å². The van der Waals surface area contributed by atoms with E-state index in [4.69, 9.17) is 5.14 Å². The molecule has 1 aromatic carbocycles. The van der Waals surface area contributed by atoms with E-state index in [2.05, 4.69) is 8.37 Å². The highest BCUT2D eigenvalue weighted by molar-refractivity contribution is 7.87. The Hall–Kier alpha value is -2.78. The van der Waals surface area contributed by atoms with Crippen LogP contribution in [0, 0.1) is 0 Å². The molecule has 12 nitrogen and oxygen atoms in total. The van der Waals surface area contributed by atoms with Gasteiger partial charge in [0, 0.05) is 30.9 Å². The zero-order valence-electron chi connectivity index (χ0n) is 16.6. The van der Waals surface area contributed by atoms with Crippen molar-refractivity contribution in [1.29, 1.82) is 0 Å². The van der Waals surface area contributed by atoms with Gasteiger partial charge in [0.2, 0.25) is 0 Å². The number of carboxylic acids is 1. The van der Waals surface area contributed by atoms with Crippen molar-refractivity contribution in [3.05, 3.63) is 47.8 Å². The van der Waals surface area contributed by atoms with Gasteiger partial charge in [-0.25, -0.2) is 18.1 Å². The Kier molecular flexibility index (Phi) is 7.56. The Labute approximate surface area is 179 Å². The maximum Gasteiger partial charge on any atom is 0.399 e. The van der Waals surface area contributed by atoms with E-state index in [1.54, 1.807) is 0 Å². The number of carbonyl (C=O) groups excluding carboxylic acids is 1. The number of carbonyl (C=O) groups is 2. The molecule has 1 aromatic heterocycles. The molecule has 0 radical (unpaired) electrons. The van der Waals surface area contributed by atoms with Crippen LogP contribution in [0.1, 0.15) is 27.3 Å². The number of aromatic nitrogens is 1. The highest BCUT2D eigenvalue weighted by atomic mass is 32.3. The van der Waals surface area contributed by atoms with Gasteiger partial charge in [0.25, 0.3) is 5.91 Å². The zero-order chi connectivity index (χ0) is 23.4. The predicted octanol–water partition coefficient (Wildman–Crippen LogP) is 0.275. The van der Waals surface area contributed by atoms with Gasteiger partial charge >= 0.3 is 26.6 Å². The number of hydrogen-bond donors (Lipinski definition) is 2. The van der Waals surface area contributed by atoms with Crippen LogP contribution in [0.2, 0.25) is 0 Å². The second-order valence-corrected chi connectivity index (χ2v) is 9.09. The van der Waals surface area contributed by atoms with Crippen LogP contribution in [0.25, 0.3) is 11.1 Å². The van der Waals surface area contributed by atoms with Crippen LogP contribution in [0.3, 0.4) is 0 Å². The predicted molar refractivity (Wildman–Crippen MR) is 109 cm³/mol. The van der Waals surface area contributed by atoms with Crippen molar-refractivity contribution in [2.75, 3.05) is 27.3 Å². The quantitative estimate of drug-likeness (QED) is 0.457. The van der Waals surface area contributed by atoms with Gasteiger partial charge in [0.15, 0.2) is 5.69 Å². The largest absolute Gasteiger partial charge is 0.477 e. The fraction of sp³-hybridized carbons (Fsp3) is 0.294. The van der Waals surface area contributed by atoms with Gasteiger partial charge in [0.1, 0.15) is 0 Å². The van der Waals surface area contributed by atoms with Gasteiger partial charge in [-0.2, -0.15) is 16.8 Å². The van der Waals surface area contributed by atoms with Crippen LogP contribution < -0.4 is 5.14 Å². The molecule has 0 aliphatic carbocycles. The molecule has 0 bridgehead atoms. The van der Waals surface area contributed by atoms with Gasteiger partial charge in [0.05, 0.1) is 13.7 Å². The maximum absolute atomic E-state index is 12.5. The molecule has 31 heavy (non-hydrogen) atoms. The molecule has 1 heterocycles. The molecule has 0 unspecified atom stereocenters. The number of benzene rings is 1. The fourth-order valence-electron chi connectivity index (χ4n) is 2.69. The van der Waals surface area contributed by atoms with Crippen molar-refractivity contribution >= 4 is 32.5 Å². The minimum absolute atomic E-state index is 0.116. The summed E-state index contributed by atoms with van der Waals surface area (Å²) >= 11 is 0. The van der Waals surface area contributed by atoms with Crippen LogP contribution in [0.15, 0.2) is 36.5 Å². The number of amides is 1. The van der Waals surface area contributed by atoms with Crippen LogP contribution in [-0.4, -0.2) is 70.0 Å². The molecule has 0 aliphatic heterocycles. The number of carboxylic acid groups (broad SMARTS) is 1. The normalized spacial score (nSPS) is 12.0. The summed E-state index contributed by atoms with van der Waals surface area (Å²) in [7, 11) is -5.84. The Balaban J connectivity index is 2.13. The highest BCUT2D eigenvalue weighted by Crippen LogP contribution is 2.26. The Bertz CT molecular complexity index is 1170. The molecule has 14 heteroatoms. The molecule has 0 spiro atoms. The van der Waals surface area contributed by atoms with Gasteiger partial charge in [-0.15, -0.1) is 0 Å². The zero-order valence-corrected chi connectivity index (χ0v) is 18.2. The standard InChI is InChI=1S/C17H21N3O9S2/c1-19(9-3-11-29-31(26,27)28-2)16(21)13-6-4-12(5-7-13)14-8-10-20(30(18,24)25)15(14)17(22)23/h4-8,10H,3,9,11H2,1-2H3,(H,22,23)(H2,18,24,25). The SMILES string of the molecule is COS(=O)(=O)OCCCN(C)C(=O)c1ccc(-c2ccn(S(N)(=O)=O)c2C(=O)O)cc1. The first-order chi connectivity index (χ1) is 14.4. The lowest BCUT2D eigenvalue weighted by Crippen LogP contribution is -2.28. The van der Waals surface area contributed by atoms with Crippen molar-refractivity contribution in [3.63, 3.8) is 0 Å². The lowest BCUT2D eigenvalue weighted by atomic mass is 10.0. The molecule has 0 saturated carbocycles. The van der Waals surface area contributed by atoms with Gasteiger partial charge in [-0.05, 0) is 30.2 Å². The third kappa shape index (κ3) is 6.11. The average molecular weight is 476 g/mol. The van der Waals surface area contributed by atoms with Crippen molar-refractivity contribution in [3.8, 4) is 11.1 Å². The summed E-state index contributed by atoms with van der Waals surface area (Å²) in [5, 5.41) is 14.4. The molecule has 0 atom stereocenters. The van der Waals surface area contributed by atoms with E-state index < -0.39 is 32.3 Å². The van der Waals surface area contributed by atoms with Gasteiger partial charge in [-0.3, -0.25) is 8.98 Å². The van der Waals surface area contributed by atoms with E-state index in [-0.39, 0.29) is 31.0 Å². The molecule has 2 aromatic rings. The minimum atomic E-state index is -4.30. The van der Waals surface area contributed by atoms with E-state index in [9.17, 15) is 31.5 Å². The lowest BCUT2D eigenvalue weighted by molar-refractivity contribution is 0.0689. The third-order valence-corrected chi connectivity index (χ3v) is 5.90. The van der Waals surface area contributed by atoms with Crippen molar-refractivity contribution in [2.24, 2.45) is 5.14 Å². The maximum atomic E-state index is 12.5. The molecule has 2 rings (SSSR count). The molecule has 0 aliphatic rings. The smallest absolute Gasteiger partial charge is 0.399 e. The number of aromatic carboxylic acids is 1. The summed E-state index contributed by atoms with van der Waals surface area (Å²) < 4.78 is 54.4. The first kappa shape index (κ1) is 24.5. The Morgan fingerprint density at radius 2 is 1.74 bits per heavy atom. The minimum Gasteiger partial charge on any atom is -0.477 e. The highest BCUT2D eigenvalue weighted by Gasteiger charge is 2.23. The summed E-state index contributed by atoms with van der Waals surface area (Å²) in [6.45, 7) is 0.0475. The van der Waals surface area contributed by atoms with Crippen molar-refractivity contribution in [1.82, 2.24) is 8.87 Å². The lowest BCUT2D eigenvalue weighted by Gasteiger charge is -2.17. The monoisotopic (exact) mass is 475 g/mol. The Morgan fingerprint density at radius 1 is 1.13 bits per heavy atom. The number of hydrogen-bond acceptors (Lipinski definition) is 8. The first-order valence-electron chi connectivity index (χ1n) is 8.66. The van der Waals surface area contributed by atoms with E-state index in [1.807, 2.05) is 0 Å². The molecule has 0 saturated heterocycles. The fourth-order valence-corrected chi connectivity index (χ4v) is 3.77. The second-order valence-electron chi connectivity index (χ2n) is 6.28. The van der Waals surface area contributed by atoms with Crippen molar-refractivity contribution in [2.45, 2.75) is 6.42 Å². The van der Waals surface area contributed by atoms with Gasteiger partial charge < -0.3 is 10.0 Å². The molecule has 3 N–H and O–H groups in total. The van der Waals surface area contributed by atoms with Gasteiger partial charge in [-0.1, -0.05) is 12.1 Å². The van der Waals surface area contributed by atoms with E-state index in [0.717, 1.165) is 13.3 Å². The number of rotatable bonds is 10. The molecular formula is C17H21N3O9S2. The van der Waals surface area contributed by atoms with E-state index in [1.165, 1.54) is 42.3 Å². The topological polar surface area (TPSA) is 175 Å². The third-order valence-electron chi connectivity index (χ3n) is 4.19. The summed E-state index contributed by atoms with van der Waals surface area (Å²) in [5.41, 5.74) is 0.256. The summed E-state index contributed by atoms with van der Waals surface area (Å²) in [4.78, 5) is 25.4. The van der Waals surface area contributed by atoms with Crippen LogP contribution in [0.4, 0.5) is 0 Å². The molecule has 0 fully saturated rings. The summed E-state index contributed by atoms with van der Waals surface area (Å²) in [6.07, 6.45) is 1.28. The molecule has 1 amide bonds. The van der Waals surface area contributed by atoms with E-state index >= 15 is 0 Å².